The Balaban J connectivity index is 1.52. The molecule has 29 heavy (non-hydrogen) atoms. The smallest absolute Gasteiger partial charge is 0.319 e. The molecule has 8 nitrogen and oxygen atoms in total. The third-order valence-corrected chi connectivity index (χ3v) is 4.98. The van der Waals surface area contributed by atoms with Crippen LogP contribution in [0.4, 0.5) is 16.2 Å². The predicted molar refractivity (Wildman–Crippen MR) is 113 cm³/mol. The number of carbonyl (C=O) groups excluding carboxylic acids is 2. The maximum absolute atomic E-state index is 12.3. The van der Waals surface area contributed by atoms with Crippen LogP contribution in [0.15, 0.2) is 48.5 Å². The van der Waals surface area contributed by atoms with Crippen LogP contribution in [0.1, 0.15) is 27.3 Å². The van der Waals surface area contributed by atoms with Crippen LogP contribution in [0, 0.1) is 0 Å². The molecule has 1 heterocycles. The highest BCUT2D eigenvalue weighted by Gasteiger charge is 2.14. The van der Waals surface area contributed by atoms with Gasteiger partial charge >= 0.3 is 6.03 Å². The fourth-order valence-electron chi connectivity index (χ4n) is 2.55. The van der Waals surface area contributed by atoms with Gasteiger partial charge in [0.05, 0.1) is 13.7 Å². The number of rotatable bonds is 7. The molecule has 150 valence electrons. The summed E-state index contributed by atoms with van der Waals surface area (Å²) in [6.07, 6.45) is 0.819. The van der Waals surface area contributed by atoms with Crippen LogP contribution in [-0.4, -0.2) is 29.2 Å². The Morgan fingerprint density at radius 1 is 1.03 bits per heavy atom. The first-order valence-corrected chi connectivity index (χ1v) is 9.81. The number of hydrogen-bond donors (Lipinski definition) is 3. The lowest BCUT2D eigenvalue weighted by Crippen LogP contribution is -2.28. The maximum atomic E-state index is 12.3. The van der Waals surface area contributed by atoms with E-state index in [4.69, 9.17) is 4.74 Å². The zero-order valence-electron chi connectivity index (χ0n) is 16.1. The number of aromatic nitrogens is 2. The molecule has 0 atom stereocenters. The molecule has 0 saturated heterocycles. The zero-order valence-corrected chi connectivity index (χ0v) is 16.9. The number of hydrogen-bond acceptors (Lipinski definition) is 6. The Morgan fingerprint density at radius 3 is 2.52 bits per heavy atom. The van der Waals surface area contributed by atoms with E-state index < -0.39 is 0 Å². The average molecular weight is 411 g/mol. The van der Waals surface area contributed by atoms with Gasteiger partial charge < -0.3 is 20.7 Å². The van der Waals surface area contributed by atoms with E-state index in [0.717, 1.165) is 29.0 Å². The van der Waals surface area contributed by atoms with Crippen LogP contribution >= 0.6 is 11.3 Å². The Bertz CT molecular complexity index is 988. The average Bonchev–Trinajstić information content (AvgIpc) is 3.22. The summed E-state index contributed by atoms with van der Waals surface area (Å²) in [7, 11) is 1.58. The first kappa shape index (κ1) is 20.3. The highest BCUT2D eigenvalue weighted by atomic mass is 32.1. The second-order valence-corrected chi connectivity index (χ2v) is 7.06. The van der Waals surface area contributed by atoms with Crippen molar-refractivity contribution < 1.29 is 14.3 Å². The molecule has 0 fully saturated rings. The number of amides is 3. The zero-order chi connectivity index (χ0) is 20.6. The highest BCUT2D eigenvalue weighted by Crippen LogP contribution is 2.18. The van der Waals surface area contributed by atoms with Crippen molar-refractivity contribution in [1.82, 2.24) is 15.5 Å². The molecule has 0 spiro atoms. The summed E-state index contributed by atoms with van der Waals surface area (Å²) >= 11 is 1.12. The third-order valence-electron chi connectivity index (χ3n) is 4.06. The van der Waals surface area contributed by atoms with E-state index in [9.17, 15) is 9.59 Å². The fraction of sp³-hybridized carbons (Fsp3) is 0.200. The minimum atomic E-state index is -0.361. The van der Waals surface area contributed by atoms with Gasteiger partial charge in [0.1, 0.15) is 10.8 Å². The van der Waals surface area contributed by atoms with E-state index in [1.54, 1.807) is 31.4 Å². The van der Waals surface area contributed by atoms with Crippen molar-refractivity contribution >= 4 is 34.6 Å². The van der Waals surface area contributed by atoms with Crippen LogP contribution in [0.25, 0.3) is 0 Å². The topological polar surface area (TPSA) is 105 Å². The Hall–Kier alpha value is -3.46. The number of para-hydroxylation sites is 1. The number of methoxy groups -OCH3 is 1. The number of anilines is 2. The molecular formula is C20H21N5O3S. The quantitative estimate of drug-likeness (QED) is 0.550. The Morgan fingerprint density at radius 2 is 1.79 bits per heavy atom. The summed E-state index contributed by atoms with van der Waals surface area (Å²) < 4.78 is 5.09. The van der Waals surface area contributed by atoms with E-state index >= 15 is 0 Å². The van der Waals surface area contributed by atoms with Gasteiger partial charge in [0, 0.05) is 11.4 Å². The predicted octanol–water partition coefficient (Wildman–Crippen LogP) is 3.68. The van der Waals surface area contributed by atoms with Gasteiger partial charge in [0.15, 0.2) is 0 Å². The number of nitrogens with one attached hydrogen (secondary N) is 3. The summed E-state index contributed by atoms with van der Waals surface area (Å²) in [5.41, 5.74) is 2.44. The SMILES string of the molecule is CCc1ccccc1NC(=O)NCc1nnc(C(=O)Nc2ccc(OC)cc2)s1. The number of benzene rings is 2. The standard InChI is InChI=1S/C20H21N5O3S/c1-3-13-6-4-5-7-16(13)23-20(27)21-12-17-24-25-19(29-17)18(26)22-14-8-10-15(28-2)11-9-14/h4-11H,3,12H2,1-2H3,(H,22,26)(H2,21,23,27). The van der Waals surface area contributed by atoms with E-state index in [-0.39, 0.29) is 23.5 Å². The highest BCUT2D eigenvalue weighted by molar-refractivity contribution is 7.13. The lowest BCUT2D eigenvalue weighted by atomic mass is 10.1. The summed E-state index contributed by atoms with van der Waals surface area (Å²) in [6, 6.07) is 14.2. The van der Waals surface area contributed by atoms with Crippen molar-refractivity contribution in [2.75, 3.05) is 17.7 Å². The van der Waals surface area contributed by atoms with Crippen molar-refractivity contribution in [2.45, 2.75) is 19.9 Å². The van der Waals surface area contributed by atoms with Crippen molar-refractivity contribution in [3.63, 3.8) is 0 Å². The fourth-order valence-corrected chi connectivity index (χ4v) is 3.22. The molecular weight excluding hydrogens is 390 g/mol. The molecule has 0 radical (unpaired) electrons. The summed E-state index contributed by atoms with van der Waals surface area (Å²) in [6.45, 7) is 2.20. The molecule has 3 aromatic rings. The van der Waals surface area contributed by atoms with E-state index in [1.165, 1.54) is 0 Å². The molecule has 9 heteroatoms. The van der Waals surface area contributed by atoms with Crippen molar-refractivity contribution in [3.05, 3.63) is 64.1 Å². The van der Waals surface area contributed by atoms with Crippen molar-refractivity contribution in [1.29, 1.82) is 0 Å². The summed E-state index contributed by atoms with van der Waals surface area (Å²) in [5.74, 6) is 0.340. The van der Waals surface area contributed by atoms with Gasteiger partial charge in [0.2, 0.25) is 5.01 Å². The molecule has 3 rings (SSSR count). The van der Waals surface area contributed by atoms with Gasteiger partial charge in [-0.2, -0.15) is 0 Å². The van der Waals surface area contributed by atoms with Crippen LogP contribution in [-0.2, 0) is 13.0 Å². The molecule has 3 amide bonds. The lowest BCUT2D eigenvalue weighted by Gasteiger charge is -2.09. The van der Waals surface area contributed by atoms with Gasteiger partial charge in [-0.1, -0.05) is 36.5 Å². The van der Waals surface area contributed by atoms with Gasteiger partial charge in [-0.3, -0.25) is 4.79 Å². The number of urea groups is 1. The summed E-state index contributed by atoms with van der Waals surface area (Å²) in [4.78, 5) is 24.4. The number of carbonyl (C=O) groups is 2. The number of ether oxygens (including phenoxy) is 1. The van der Waals surface area contributed by atoms with Gasteiger partial charge in [-0.25, -0.2) is 4.79 Å². The minimum absolute atomic E-state index is 0.174. The lowest BCUT2D eigenvalue weighted by molar-refractivity contribution is 0.102. The minimum Gasteiger partial charge on any atom is -0.497 e. The van der Waals surface area contributed by atoms with Crippen LogP contribution in [0.5, 0.6) is 5.75 Å². The first-order chi connectivity index (χ1) is 14.1. The first-order valence-electron chi connectivity index (χ1n) is 8.99. The largest absolute Gasteiger partial charge is 0.497 e. The third kappa shape index (κ3) is 5.52. The maximum Gasteiger partial charge on any atom is 0.319 e. The normalized spacial score (nSPS) is 10.3. The number of nitrogens with zero attached hydrogens (tertiary/aromatic N) is 2. The molecule has 0 aliphatic rings. The molecule has 0 unspecified atom stereocenters. The van der Waals surface area contributed by atoms with Crippen LogP contribution in [0.2, 0.25) is 0 Å². The number of aryl methyl sites for hydroxylation is 1. The van der Waals surface area contributed by atoms with Gasteiger partial charge in [-0.05, 0) is 42.3 Å². The summed E-state index contributed by atoms with van der Waals surface area (Å²) in [5, 5.41) is 16.9. The molecule has 0 saturated carbocycles. The van der Waals surface area contributed by atoms with Crippen LogP contribution in [0.3, 0.4) is 0 Å². The van der Waals surface area contributed by atoms with Gasteiger partial charge in [0.25, 0.3) is 5.91 Å². The van der Waals surface area contributed by atoms with E-state index in [0.29, 0.717) is 16.4 Å². The Labute approximate surface area is 172 Å². The molecule has 3 N–H and O–H groups in total. The molecule has 0 aliphatic heterocycles. The molecule has 0 bridgehead atoms. The second kappa shape index (κ2) is 9.65. The van der Waals surface area contributed by atoms with Gasteiger partial charge in [-0.15, -0.1) is 10.2 Å². The van der Waals surface area contributed by atoms with Crippen LogP contribution < -0.4 is 20.7 Å². The van der Waals surface area contributed by atoms with E-state index in [2.05, 4.69) is 26.1 Å². The second-order valence-electron chi connectivity index (χ2n) is 6.00. The Kier molecular flexibility index (Phi) is 6.75. The molecule has 0 aliphatic carbocycles. The molecule has 1 aromatic heterocycles. The molecule has 2 aromatic carbocycles. The van der Waals surface area contributed by atoms with Crippen molar-refractivity contribution in [3.8, 4) is 5.75 Å². The monoisotopic (exact) mass is 411 g/mol. The van der Waals surface area contributed by atoms with Crippen molar-refractivity contribution in [2.24, 2.45) is 0 Å². The van der Waals surface area contributed by atoms with E-state index in [1.807, 2.05) is 31.2 Å².